The van der Waals surface area contributed by atoms with Gasteiger partial charge in [-0.3, -0.25) is 4.72 Å². The molecule has 0 bridgehead atoms. The van der Waals surface area contributed by atoms with Gasteiger partial charge in [0.2, 0.25) is 0 Å². The number of aryl methyl sites for hydroxylation is 1. The number of benzene rings is 2. The van der Waals surface area contributed by atoms with E-state index < -0.39 is 16.1 Å². The van der Waals surface area contributed by atoms with Crippen LogP contribution in [-0.4, -0.2) is 26.7 Å². The number of ether oxygens (including phenoxy) is 1. The summed E-state index contributed by atoms with van der Waals surface area (Å²) in [7, 11) is -2.28. The average Bonchev–Trinajstić information content (AvgIpc) is 3.06. The molecule has 0 spiro atoms. The van der Waals surface area contributed by atoms with Crippen LogP contribution in [0, 0.1) is 6.92 Å². The lowest BCUT2D eigenvalue weighted by molar-refractivity contribution is 0.262. The summed E-state index contributed by atoms with van der Waals surface area (Å²) in [5.74, 6) is 1.19. The lowest BCUT2D eigenvalue weighted by Crippen LogP contribution is -2.19. The predicted molar refractivity (Wildman–Crippen MR) is 104 cm³/mol. The highest BCUT2D eigenvalue weighted by Crippen LogP contribution is 2.19. The Bertz CT molecular complexity index is 1080. The first-order valence-corrected chi connectivity index (χ1v) is 9.62. The zero-order chi connectivity index (χ0) is 20.1. The van der Waals surface area contributed by atoms with Crippen LogP contribution in [0.1, 0.15) is 5.76 Å². The lowest BCUT2D eigenvalue weighted by Gasteiger charge is -2.10. The molecule has 0 aliphatic carbocycles. The topological polar surface area (TPSA) is 123 Å². The molecule has 0 atom stereocenters. The van der Waals surface area contributed by atoms with Gasteiger partial charge in [-0.05, 0) is 43.3 Å². The first kappa shape index (κ1) is 19.2. The zero-order valence-electron chi connectivity index (χ0n) is 15.1. The first-order chi connectivity index (χ1) is 13.4. The van der Waals surface area contributed by atoms with Crippen LogP contribution in [0.4, 0.5) is 22.0 Å². The number of anilines is 3. The van der Waals surface area contributed by atoms with Crippen molar-refractivity contribution in [3.63, 3.8) is 0 Å². The van der Waals surface area contributed by atoms with Crippen LogP contribution in [0.25, 0.3) is 0 Å². The van der Waals surface area contributed by atoms with E-state index in [0.29, 0.717) is 22.9 Å². The molecule has 10 heteroatoms. The minimum atomic E-state index is -3.82. The number of hydrogen-bond donors (Lipinski definition) is 3. The molecular formula is C18H18N4O5S. The van der Waals surface area contributed by atoms with E-state index in [1.54, 1.807) is 31.2 Å². The second-order valence-corrected chi connectivity index (χ2v) is 7.45. The highest BCUT2D eigenvalue weighted by molar-refractivity contribution is 7.92. The van der Waals surface area contributed by atoms with E-state index >= 15 is 0 Å². The number of nitrogens with zero attached hydrogens (tertiary/aromatic N) is 1. The molecule has 2 amide bonds. The Balaban J connectivity index is 1.64. The maximum Gasteiger partial charge on any atom is 0.323 e. The zero-order valence-corrected chi connectivity index (χ0v) is 15.9. The smallest absolute Gasteiger partial charge is 0.323 e. The summed E-state index contributed by atoms with van der Waals surface area (Å²) in [6.45, 7) is 1.65. The highest BCUT2D eigenvalue weighted by Gasteiger charge is 2.16. The summed E-state index contributed by atoms with van der Waals surface area (Å²) in [6, 6.07) is 13.6. The Morgan fingerprint density at radius 1 is 1.04 bits per heavy atom. The summed E-state index contributed by atoms with van der Waals surface area (Å²) < 4.78 is 36.9. The molecule has 3 N–H and O–H groups in total. The molecule has 1 aromatic heterocycles. The molecule has 0 radical (unpaired) electrons. The van der Waals surface area contributed by atoms with E-state index in [-0.39, 0.29) is 10.7 Å². The number of hydrogen-bond acceptors (Lipinski definition) is 6. The highest BCUT2D eigenvalue weighted by atomic mass is 32.2. The third-order valence-corrected chi connectivity index (χ3v) is 4.99. The molecule has 146 valence electrons. The van der Waals surface area contributed by atoms with E-state index in [0.717, 1.165) is 0 Å². The van der Waals surface area contributed by atoms with Crippen molar-refractivity contribution in [2.45, 2.75) is 11.8 Å². The van der Waals surface area contributed by atoms with Crippen LogP contribution in [0.5, 0.6) is 5.75 Å². The quantitative estimate of drug-likeness (QED) is 0.580. The van der Waals surface area contributed by atoms with Crippen LogP contribution >= 0.6 is 0 Å². The Morgan fingerprint density at radius 2 is 1.75 bits per heavy atom. The third-order valence-electron chi connectivity index (χ3n) is 3.62. The van der Waals surface area contributed by atoms with Crippen molar-refractivity contribution in [2.24, 2.45) is 0 Å². The van der Waals surface area contributed by atoms with Crippen LogP contribution in [0.2, 0.25) is 0 Å². The molecule has 3 rings (SSSR count). The molecule has 28 heavy (non-hydrogen) atoms. The molecule has 1 heterocycles. The first-order valence-electron chi connectivity index (χ1n) is 8.14. The van der Waals surface area contributed by atoms with Crippen LogP contribution in [0.15, 0.2) is 64.0 Å². The van der Waals surface area contributed by atoms with Crippen molar-refractivity contribution in [2.75, 3.05) is 22.5 Å². The van der Waals surface area contributed by atoms with Gasteiger partial charge in [-0.1, -0.05) is 11.2 Å². The van der Waals surface area contributed by atoms with E-state index in [1.165, 1.54) is 37.4 Å². The number of sulfonamides is 1. The molecule has 9 nitrogen and oxygen atoms in total. The van der Waals surface area contributed by atoms with E-state index in [9.17, 15) is 13.2 Å². The third kappa shape index (κ3) is 4.80. The second kappa shape index (κ2) is 8.01. The summed E-state index contributed by atoms with van der Waals surface area (Å²) in [6.07, 6.45) is 0. The largest absolute Gasteiger partial charge is 0.497 e. The van der Waals surface area contributed by atoms with Gasteiger partial charge in [-0.2, -0.15) is 0 Å². The number of aromatic nitrogens is 1. The van der Waals surface area contributed by atoms with Crippen LogP contribution < -0.4 is 20.1 Å². The van der Waals surface area contributed by atoms with Crippen molar-refractivity contribution in [3.05, 3.63) is 60.4 Å². The van der Waals surface area contributed by atoms with E-state index in [1.807, 2.05) is 0 Å². The number of carbonyl (C=O) groups is 1. The Labute approximate surface area is 161 Å². The lowest BCUT2D eigenvalue weighted by atomic mass is 10.3. The Morgan fingerprint density at radius 3 is 2.39 bits per heavy atom. The van der Waals surface area contributed by atoms with Gasteiger partial charge in [-0.15, -0.1) is 0 Å². The molecule has 0 aliphatic rings. The van der Waals surface area contributed by atoms with Gasteiger partial charge in [0.1, 0.15) is 11.5 Å². The van der Waals surface area contributed by atoms with Gasteiger partial charge in [0.15, 0.2) is 5.82 Å². The minimum Gasteiger partial charge on any atom is -0.497 e. The monoisotopic (exact) mass is 402 g/mol. The summed E-state index contributed by atoms with van der Waals surface area (Å²) in [5, 5.41) is 8.89. The summed E-state index contributed by atoms with van der Waals surface area (Å²) in [4.78, 5) is 12.1. The fraction of sp³-hybridized carbons (Fsp3) is 0.111. The Hall–Kier alpha value is -3.53. The molecule has 2 aromatic carbocycles. The maximum absolute atomic E-state index is 12.3. The number of carbonyl (C=O) groups excluding carboxylic acids is 1. The van der Waals surface area contributed by atoms with Crippen LogP contribution in [-0.2, 0) is 10.0 Å². The number of amides is 2. The molecule has 0 aliphatic heterocycles. The van der Waals surface area contributed by atoms with Gasteiger partial charge in [-0.25, -0.2) is 13.2 Å². The Kier molecular flexibility index (Phi) is 5.50. The molecule has 0 unspecified atom stereocenters. The number of methoxy groups -OCH3 is 1. The molecule has 0 saturated carbocycles. The van der Waals surface area contributed by atoms with Crippen LogP contribution in [0.3, 0.4) is 0 Å². The van der Waals surface area contributed by atoms with E-state index in [4.69, 9.17) is 9.26 Å². The van der Waals surface area contributed by atoms with E-state index in [2.05, 4.69) is 20.5 Å². The van der Waals surface area contributed by atoms with Gasteiger partial charge < -0.3 is 19.9 Å². The standard InChI is InChI=1S/C18H18N4O5S/c1-12-10-17(21-27-12)22-28(24,25)16-8-6-13(7-9-16)19-18(23)20-14-4-3-5-15(11-14)26-2/h3-11H,1-2H3,(H,21,22)(H2,19,20,23). The molecule has 0 saturated heterocycles. The normalized spacial score (nSPS) is 10.9. The summed E-state index contributed by atoms with van der Waals surface area (Å²) >= 11 is 0. The van der Waals surface area contributed by atoms with Crippen molar-refractivity contribution in [1.82, 2.24) is 5.16 Å². The van der Waals surface area contributed by atoms with Gasteiger partial charge in [0, 0.05) is 23.5 Å². The number of rotatable bonds is 6. The number of urea groups is 1. The van der Waals surface area contributed by atoms with Gasteiger partial charge in [0.25, 0.3) is 10.0 Å². The van der Waals surface area contributed by atoms with Crippen molar-refractivity contribution < 1.29 is 22.5 Å². The second-order valence-electron chi connectivity index (χ2n) is 5.76. The molecule has 3 aromatic rings. The fourth-order valence-electron chi connectivity index (χ4n) is 2.32. The average molecular weight is 402 g/mol. The fourth-order valence-corrected chi connectivity index (χ4v) is 3.31. The maximum atomic E-state index is 12.3. The van der Waals surface area contributed by atoms with Crippen molar-refractivity contribution in [3.8, 4) is 5.75 Å². The SMILES string of the molecule is COc1cccc(NC(=O)Nc2ccc(S(=O)(=O)Nc3cc(C)on3)cc2)c1. The van der Waals surface area contributed by atoms with Crippen molar-refractivity contribution >= 4 is 33.2 Å². The predicted octanol–water partition coefficient (Wildman–Crippen LogP) is 3.44. The van der Waals surface area contributed by atoms with Crippen molar-refractivity contribution in [1.29, 1.82) is 0 Å². The summed E-state index contributed by atoms with van der Waals surface area (Å²) in [5.41, 5.74) is 0.986. The van der Waals surface area contributed by atoms with Gasteiger partial charge >= 0.3 is 6.03 Å². The number of nitrogens with one attached hydrogen (secondary N) is 3. The molecular weight excluding hydrogens is 384 g/mol. The minimum absolute atomic E-state index is 0.0203. The molecule has 0 fully saturated rings. The van der Waals surface area contributed by atoms with Gasteiger partial charge in [0.05, 0.1) is 12.0 Å².